The topological polar surface area (TPSA) is 38.3 Å². The number of cyclic esters (lactones) is 1. The molecule has 66 valence electrons. The number of carbonyl (C=O) groups excluding carboxylic acids is 1. The van der Waals surface area contributed by atoms with Gasteiger partial charge in [0.15, 0.2) is 0 Å². The molecule has 3 nitrogen and oxygen atoms in total. The van der Waals surface area contributed by atoms with Gasteiger partial charge in [0.1, 0.15) is 6.10 Å². The van der Waals surface area contributed by atoms with Gasteiger partial charge in [-0.15, -0.1) is 0 Å². The first kappa shape index (κ1) is 7.86. The SMILES string of the molecule is C=C[C@H]1OC(=O)Nc2ccccc21. The van der Waals surface area contributed by atoms with E-state index >= 15 is 0 Å². The number of hydrogen-bond donors (Lipinski definition) is 1. The molecular weight excluding hydrogens is 166 g/mol. The number of nitrogens with one attached hydrogen (secondary N) is 1. The van der Waals surface area contributed by atoms with E-state index in [9.17, 15) is 4.79 Å². The van der Waals surface area contributed by atoms with Crippen molar-refractivity contribution in [3.8, 4) is 0 Å². The van der Waals surface area contributed by atoms with Crippen LogP contribution >= 0.6 is 0 Å². The number of anilines is 1. The normalized spacial score (nSPS) is 19.7. The fraction of sp³-hybridized carbons (Fsp3) is 0.100. The molecule has 1 aromatic rings. The van der Waals surface area contributed by atoms with Crippen LogP contribution in [0.2, 0.25) is 0 Å². The van der Waals surface area contributed by atoms with E-state index in [2.05, 4.69) is 11.9 Å². The van der Waals surface area contributed by atoms with Crippen molar-refractivity contribution >= 4 is 11.8 Å². The standard InChI is InChI=1S/C10H9NO2/c1-2-9-7-5-3-4-6-8(7)11-10(12)13-9/h2-6,9H,1H2,(H,11,12)/t9-/m1/s1. The Morgan fingerprint density at radius 3 is 3.00 bits per heavy atom. The minimum Gasteiger partial charge on any atom is -0.437 e. The lowest BCUT2D eigenvalue weighted by Crippen LogP contribution is -2.23. The second-order valence-electron chi connectivity index (χ2n) is 2.77. The number of para-hydroxylation sites is 1. The summed E-state index contributed by atoms with van der Waals surface area (Å²) in [6.45, 7) is 3.61. The minimum absolute atomic E-state index is 0.329. The molecule has 0 saturated heterocycles. The minimum atomic E-state index is -0.427. The van der Waals surface area contributed by atoms with Crippen molar-refractivity contribution in [2.45, 2.75) is 6.10 Å². The first-order valence-electron chi connectivity index (χ1n) is 4.00. The highest BCUT2D eigenvalue weighted by molar-refractivity contribution is 5.88. The first-order valence-corrected chi connectivity index (χ1v) is 4.00. The van der Waals surface area contributed by atoms with Gasteiger partial charge in [-0.2, -0.15) is 0 Å². The van der Waals surface area contributed by atoms with E-state index in [0.29, 0.717) is 0 Å². The van der Waals surface area contributed by atoms with Crippen molar-refractivity contribution in [1.82, 2.24) is 0 Å². The van der Waals surface area contributed by atoms with Crippen LogP contribution in [0.4, 0.5) is 10.5 Å². The van der Waals surface area contributed by atoms with E-state index in [1.807, 2.05) is 24.3 Å². The molecule has 1 heterocycles. The zero-order valence-electron chi connectivity index (χ0n) is 6.99. The van der Waals surface area contributed by atoms with Gasteiger partial charge in [-0.3, -0.25) is 5.32 Å². The lowest BCUT2D eigenvalue weighted by molar-refractivity contribution is 0.130. The third-order valence-electron chi connectivity index (χ3n) is 1.95. The third-order valence-corrected chi connectivity index (χ3v) is 1.95. The summed E-state index contributed by atoms with van der Waals surface area (Å²) < 4.78 is 4.99. The molecule has 1 aliphatic rings. The largest absolute Gasteiger partial charge is 0.437 e. The van der Waals surface area contributed by atoms with Crippen molar-refractivity contribution in [2.24, 2.45) is 0 Å². The molecule has 0 fully saturated rings. The molecule has 0 bridgehead atoms. The number of amides is 1. The fourth-order valence-electron chi connectivity index (χ4n) is 1.35. The van der Waals surface area contributed by atoms with E-state index in [1.165, 1.54) is 0 Å². The van der Waals surface area contributed by atoms with Gasteiger partial charge in [0.2, 0.25) is 0 Å². The second-order valence-corrected chi connectivity index (χ2v) is 2.77. The Labute approximate surface area is 76.0 Å². The maximum Gasteiger partial charge on any atom is 0.412 e. The average molecular weight is 175 g/mol. The predicted molar refractivity (Wildman–Crippen MR) is 49.5 cm³/mol. The Balaban J connectivity index is 2.48. The van der Waals surface area contributed by atoms with Crippen molar-refractivity contribution < 1.29 is 9.53 Å². The molecule has 0 radical (unpaired) electrons. The number of fused-ring (bicyclic) bond motifs is 1. The molecule has 1 N–H and O–H groups in total. The van der Waals surface area contributed by atoms with E-state index in [1.54, 1.807) is 6.08 Å². The van der Waals surface area contributed by atoms with Gasteiger partial charge in [-0.25, -0.2) is 4.79 Å². The third kappa shape index (κ3) is 1.28. The Bertz CT molecular complexity index is 360. The predicted octanol–water partition coefficient (Wildman–Crippen LogP) is 2.48. The van der Waals surface area contributed by atoms with Gasteiger partial charge in [-0.1, -0.05) is 24.8 Å². The summed E-state index contributed by atoms with van der Waals surface area (Å²) in [6, 6.07) is 7.51. The van der Waals surface area contributed by atoms with Crippen molar-refractivity contribution in [3.63, 3.8) is 0 Å². The molecule has 0 aliphatic carbocycles. The smallest absolute Gasteiger partial charge is 0.412 e. The van der Waals surface area contributed by atoms with Crippen LogP contribution in [0.1, 0.15) is 11.7 Å². The molecule has 0 aromatic heterocycles. The maximum atomic E-state index is 11.0. The van der Waals surface area contributed by atoms with Gasteiger partial charge < -0.3 is 4.74 Å². The van der Waals surface area contributed by atoms with Crippen LogP contribution in [0.25, 0.3) is 0 Å². The zero-order valence-corrected chi connectivity index (χ0v) is 6.99. The molecule has 1 aliphatic heterocycles. The molecule has 1 aromatic carbocycles. The lowest BCUT2D eigenvalue weighted by Gasteiger charge is -2.23. The highest BCUT2D eigenvalue weighted by atomic mass is 16.6. The molecular formula is C10H9NO2. The summed E-state index contributed by atoms with van der Waals surface area (Å²) in [5, 5.41) is 2.62. The fourth-order valence-corrected chi connectivity index (χ4v) is 1.35. The van der Waals surface area contributed by atoms with Crippen LogP contribution in [0, 0.1) is 0 Å². The highest BCUT2D eigenvalue weighted by Gasteiger charge is 2.22. The summed E-state index contributed by atoms with van der Waals surface area (Å²) in [5.74, 6) is 0. The molecule has 0 spiro atoms. The first-order chi connectivity index (χ1) is 6.31. The summed E-state index contributed by atoms with van der Waals surface area (Å²) in [4.78, 5) is 11.0. The molecule has 13 heavy (non-hydrogen) atoms. The van der Waals surface area contributed by atoms with Gasteiger partial charge in [-0.05, 0) is 12.1 Å². The summed E-state index contributed by atoms with van der Waals surface area (Å²) >= 11 is 0. The van der Waals surface area contributed by atoms with E-state index in [0.717, 1.165) is 11.3 Å². The van der Waals surface area contributed by atoms with Gasteiger partial charge in [0.25, 0.3) is 0 Å². The van der Waals surface area contributed by atoms with Crippen LogP contribution in [-0.2, 0) is 4.74 Å². The van der Waals surface area contributed by atoms with E-state index < -0.39 is 6.09 Å². The van der Waals surface area contributed by atoms with Crippen LogP contribution in [0.5, 0.6) is 0 Å². The van der Waals surface area contributed by atoms with Gasteiger partial charge in [0, 0.05) is 5.56 Å². The quantitative estimate of drug-likeness (QED) is 0.666. The highest BCUT2D eigenvalue weighted by Crippen LogP contribution is 2.30. The van der Waals surface area contributed by atoms with Gasteiger partial charge >= 0.3 is 6.09 Å². The van der Waals surface area contributed by atoms with Crippen molar-refractivity contribution in [3.05, 3.63) is 42.5 Å². The van der Waals surface area contributed by atoms with Crippen molar-refractivity contribution in [1.29, 1.82) is 0 Å². The summed E-state index contributed by atoms with van der Waals surface area (Å²) in [5.41, 5.74) is 1.74. The Hall–Kier alpha value is -1.77. The van der Waals surface area contributed by atoms with E-state index in [-0.39, 0.29) is 6.10 Å². The summed E-state index contributed by atoms with van der Waals surface area (Å²) in [7, 11) is 0. The van der Waals surface area contributed by atoms with Gasteiger partial charge in [0.05, 0.1) is 5.69 Å². The Morgan fingerprint density at radius 2 is 2.23 bits per heavy atom. The zero-order chi connectivity index (χ0) is 9.26. The van der Waals surface area contributed by atoms with Crippen LogP contribution in [0.3, 0.4) is 0 Å². The van der Waals surface area contributed by atoms with E-state index in [4.69, 9.17) is 4.74 Å². The molecule has 0 saturated carbocycles. The number of rotatable bonds is 1. The second kappa shape index (κ2) is 2.94. The molecule has 1 amide bonds. The average Bonchev–Trinajstić information content (AvgIpc) is 2.16. The Kier molecular flexibility index (Phi) is 1.77. The molecule has 2 rings (SSSR count). The number of ether oxygens (including phenoxy) is 1. The van der Waals surface area contributed by atoms with Crippen molar-refractivity contribution in [2.75, 3.05) is 5.32 Å². The monoisotopic (exact) mass is 175 g/mol. The maximum absolute atomic E-state index is 11.0. The van der Waals surface area contributed by atoms with Crippen LogP contribution in [0.15, 0.2) is 36.9 Å². The molecule has 0 unspecified atom stereocenters. The molecule has 3 heteroatoms. The number of carbonyl (C=O) groups is 1. The number of hydrogen-bond acceptors (Lipinski definition) is 2. The summed E-state index contributed by atoms with van der Waals surface area (Å²) in [6.07, 6.45) is 0.853. The number of benzene rings is 1. The van der Waals surface area contributed by atoms with Crippen LogP contribution in [-0.4, -0.2) is 6.09 Å². The lowest BCUT2D eigenvalue weighted by atomic mass is 10.1. The molecule has 1 atom stereocenters. The Morgan fingerprint density at radius 1 is 1.46 bits per heavy atom. The van der Waals surface area contributed by atoms with Crippen LogP contribution < -0.4 is 5.32 Å².